The van der Waals surface area contributed by atoms with E-state index < -0.39 is 0 Å². The van der Waals surface area contributed by atoms with Gasteiger partial charge in [0.1, 0.15) is 6.26 Å². The monoisotopic (exact) mass is 519 g/mol. The van der Waals surface area contributed by atoms with E-state index in [9.17, 15) is 4.79 Å². The van der Waals surface area contributed by atoms with Crippen LogP contribution in [0.3, 0.4) is 0 Å². The van der Waals surface area contributed by atoms with Crippen molar-refractivity contribution in [2.24, 2.45) is 4.99 Å². The number of rotatable bonds is 6. The van der Waals surface area contributed by atoms with Crippen LogP contribution in [0, 0.1) is 6.92 Å². The van der Waals surface area contributed by atoms with Gasteiger partial charge in [0.05, 0.1) is 12.2 Å². The maximum atomic E-state index is 11.2. The molecule has 30 heavy (non-hydrogen) atoms. The van der Waals surface area contributed by atoms with Crippen molar-refractivity contribution >= 4 is 41.5 Å². The molecule has 3 rings (SSSR count). The standard InChI is InChI=1S/C22H25N5O2.HI/c1-15-7-9-18(10-8-15)21-27-20(14-29-21)13-25-22(23-3)24-12-17-5-4-6-19(11-17)26-16(2)28;/h4-11,14H,12-13H2,1-3H3,(H,26,28)(H2,23,24,25);1H. The Balaban J connectivity index is 0.00000320. The van der Waals surface area contributed by atoms with Gasteiger partial charge in [-0.15, -0.1) is 24.0 Å². The number of oxazole rings is 1. The molecular formula is C22H26IN5O2. The summed E-state index contributed by atoms with van der Waals surface area (Å²) >= 11 is 0. The van der Waals surface area contributed by atoms with E-state index in [-0.39, 0.29) is 29.9 Å². The van der Waals surface area contributed by atoms with Gasteiger partial charge in [0.25, 0.3) is 0 Å². The minimum Gasteiger partial charge on any atom is -0.444 e. The molecule has 0 fully saturated rings. The molecule has 3 aromatic rings. The summed E-state index contributed by atoms with van der Waals surface area (Å²) in [6.45, 7) is 4.59. The van der Waals surface area contributed by atoms with Crippen LogP contribution in [0.15, 0.2) is 64.2 Å². The molecule has 3 N–H and O–H groups in total. The van der Waals surface area contributed by atoms with Gasteiger partial charge in [0, 0.05) is 31.8 Å². The molecule has 158 valence electrons. The number of benzene rings is 2. The van der Waals surface area contributed by atoms with E-state index in [1.807, 2.05) is 55.5 Å². The van der Waals surface area contributed by atoms with Crippen LogP contribution >= 0.6 is 24.0 Å². The Morgan fingerprint density at radius 3 is 2.53 bits per heavy atom. The molecule has 0 aliphatic heterocycles. The van der Waals surface area contributed by atoms with E-state index in [1.165, 1.54) is 12.5 Å². The number of aromatic nitrogens is 1. The van der Waals surface area contributed by atoms with Crippen molar-refractivity contribution in [2.75, 3.05) is 12.4 Å². The number of carbonyl (C=O) groups excluding carboxylic acids is 1. The number of carbonyl (C=O) groups is 1. The molecule has 0 unspecified atom stereocenters. The molecule has 0 aliphatic rings. The lowest BCUT2D eigenvalue weighted by molar-refractivity contribution is -0.114. The molecule has 0 saturated carbocycles. The van der Waals surface area contributed by atoms with E-state index in [2.05, 4.69) is 25.9 Å². The van der Waals surface area contributed by atoms with Crippen LogP contribution in [0.5, 0.6) is 0 Å². The predicted molar refractivity (Wildman–Crippen MR) is 130 cm³/mol. The number of nitrogens with zero attached hydrogens (tertiary/aromatic N) is 2. The Morgan fingerprint density at radius 2 is 1.83 bits per heavy atom. The zero-order chi connectivity index (χ0) is 20.6. The summed E-state index contributed by atoms with van der Waals surface area (Å²) in [5, 5.41) is 9.25. The highest BCUT2D eigenvalue weighted by molar-refractivity contribution is 14.0. The van der Waals surface area contributed by atoms with Crippen LogP contribution in [0.4, 0.5) is 5.69 Å². The summed E-state index contributed by atoms with van der Waals surface area (Å²) in [5.74, 6) is 1.15. The van der Waals surface area contributed by atoms with Crippen molar-refractivity contribution in [1.29, 1.82) is 0 Å². The lowest BCUT2D eigenvalue weighted by Gasteiger charge is -2.11. The van der Waals surface area contributed by atoms with Crippen molar-refractivity contribution < 1.29 is 9.21 Å². The minimum atomic E-state index is -0.0924. The largest absolute Gasteiger partial charge is 0.444 e. The van der Waals surface area contributed by atoms with E-state index in [4.69, 9.17) is 4.42 Å². The summed E-state index contributed by atoms with van der Waals surface area (Å²) < 4.78 is 5.58. The molecule has 0 aliphatic carbocycles. The number of anilines is 1. The van der Waals surface area contributed by atoms with E-state index >= 15 is 0 Å². The van der Waals surface area contributed by atoms with Crippen molar-refractivity contribution in [3.8, 4) is 11.5 Å². The first-order chi connectivity index (χ1) is 14.0. The molecule has 8 heteroatoms. The highest BCUT2D eigenvalue weighted by Crippen LogP contribution is 2.19. The quantitative estimate of drug-likeness (QED) is 0.259. The Bertz CT molecular complexity index is 999. The van der Waals surface area contributed by atoms with Gasteiger partial charge in [-0.05, 0) is 36.8 Å². The number of aliphatic imine (C=N–C) groups is 1. The Kier molecular flexibility index (Phi) is 8.85. The smallest absolute Gasteiger partial charge is 0.226 e. The third kappa shape index (κ3) is 6.87. The molecule has 1 aromatic heterocycles. The summed E-state index contributed by atoms with van der Waals surface area (Å²) in [7, 11) is 1.71. The van der Waals surface area contributed by atoms with Crippen LogP contribution in [0.1, 0.15) is 23.7 Å². The number of hydrogen-bond donors (Lipinski definition) is 3. The van der Waals surface area contributed by atoms with E-state index in [0.717, 1.165) is 22.5 Å². The van der Waals surface area contributed by atoms with Gasteiger partial charge in [-0.3, -0.25) is 9.79 Å². The van der Waals surface area contributed by atoms with E-state index in [0.29, 0.717) is 24.9 Å². The molecule has 1 amide bonds. The second-order valence-electron chi connectivity index (χ2n) is 6.67. The number of aryl methyl sites for hydroxylation is 1. The summed E-state index contributed by atoms with van der Waals surface area (Å²) in [6.07, 6.45) is 1.65. The lowest BCUT2D eigenvalue weighted by Crippen LogP contribution is -2.36. The maximum absolute atomic E-state index is 11.2. The van der Waals surface area contributed by atoms with Crippen LogP contribution < -0.4 is 16.0 Å². The first-order valence-electron chi connectivity index (χ1n) is 9.36. The van der Waals surface area contributed by atoms with Crippen molar-refractivity contribution in [3.05, 3.63) is 71.6 Å². The molecule has 0 bridgehead atoms. The Labute approximate surface area is 193 Å². The number of nitrogens with one attached hydrogen (secondary N) is 3. The van der Waals surface area contributed by atoms with Gasteiger partial charge in [0.15, 0.2) is 5.96 Å². The fourth-order valence-electron chi connectivity index (χ4n) is 2.76. The van der Waals surface area contributed by atoms with E-state index in [1.54, 1.807) is 13.3 Å². The topological polar surface area (TPSA) is 91.5 Å². The molecule has 7 nitrogen and oxygen atoms in total. The first kappa shape index (κ1) is 23.4. The zero-order valence-electron chi connectivity index (χ0n) is 17.2. The molecule has 0 spiro atoms. The molecule has 1 heterocycles. The fraction of sp³-hybridized carbons (Fsp3) is 0.227. The predicted octanol–water partition coefficient (Wildman–Crippen LogP) is 4.09. The van der Waals surface area contributed by atoms with Gasteiger partial charge in [-0.25, -0.2) is 4.98 Å². The summed E-state index contributed by atoms with van der Waals surface area (Å²) in [6, 6.07) is 15.7. The summed E-state index contributed by atoms with van der Waals surface area (Å²) in [4.78, 5) is 19.9. The van der Waals surface area contributed by atoms with Crippen molar-refractivity contribution in [2.45, 2.75) is 26.9 Å². The summed E-state index contributed by atoms with van der Waals surface area (Å²) in [5.41, 5.74) is 4.73. The molecule has 0 radical (unpaired) electrons. The molecular weight excluding hydrogens is 493 g/mol. The zero-order valence-corrected chi connectivity index (χ0v) is 19.6. The Hall–Kier alpha value is -2.88. The highest BCUT2D eigenvalue weighted by atomic mass is 127. The Morgan fingerprint density at radius 1 is 1.10 bits per heavy atom. The number of halogens is 1. The van der Waals surface area contributed by atoms with Gasteiger partial charge in [0.2, 0.25) is 11.8 Å². The second-order valence-corrected chi connectivity index (χ2v) is 6.67. The van der Waals surface area contributed by atoms with Gasteiger partial charge in [-0.2, -0.15) is 0 Å². The average molecular weight is 519 g/mol. The number of guanidine groups is 1. The lowest BCUT2D eigenvalue weighted by atomic mass is 10.1. The van der Waals surface area contributed by atoms with Crippen molar-refractivity contribution in [3.63, 3.8) is 0 Å². The fourth-order valence-corrected chi connectivity index (χ4v) is 2.76. The second kappa shape index (κ2) is 11.3. The van der Waals surface area contributed by atoms with Gasteiger partial charge >= 0.3 is 0 Å². The molecule has 2 aromatic carbocycles. The SMILES string of the molecule is CN=C(NCc1cccc(NC(C)=O)c1)NCc1coc(-c2ccc(C)cc2)n1.I. The highest BCUT2D eigenvalue weighted by Gasteiger charge is 2.07. The average Bonchev–Trinajstić information content (AvgIpc) is 3.17. The third-order valence-corrected chi connectivity index (χ3v) is 4.22. The maximum Gasteiger partial charge on any atom is 0.226 e. The van der Waals surface area contributed by atoms with Crippen molar-refractivity contribution in [1.82, 2.24) is 15.6 Å². The molecule has 0 atom stereocenters. The molecule has 0 saturated heterocycles. The third-order valence-electron chi connectivity index (χ3n) is 4.22. The van der Waals surface area contributed by atoms with Crippen LogP contribution in [-0.4, -0.2) is 23.9 Å². The van der Waals surface area contributed by atoms with Crippen LogP contribution in [0.2, 0.25) is 0 Å². The normalized spacial score (nSPS) is 10.8. The van der Waals surface area contributed by atoms with Gasteiger partial charge in [-0.1, -0.05) is 29.8 Å². The number of amides is 1. The number of hydrogen-bond acceptors (Lipinski definition) is 4. The minimum absolute atomic E-state index is 0. The van der Waals surface area contributed by atoms with Crippen LogP contribution in [-0.2, 0) is 17.9 Å². The van der Waals surface area contributed by atoms with Crippen LogP contribution in [0.25, 0.3) is 11.5 Å². The van der Waals surface area contributed by atoms with Gasteiger partial charge < -0.3 is 20.4 Å². The first-order valence-corrected chi connectivity index (χ1v) is 9.36.